The number of rotatable bonds is 9. The van der Waals surface area contributed by atoms with Crippen LogP contribution in [0.5, 0.6) is 28.7 Å². The highest BCUT2D eigenvalue weighted by atomic mass is 19.1. The molecule has 0 atom stereocenters. The van der Waals surface area contributed by atoms with Gasteiger partial charge >= 0.3 is 0 Å². The molecule has 0 saturated carbocycles. The molecule has 1 N–H and O–H groups in total. The lowest BCUT2D eigenvalue weighted by Crippen LogP contribution is -2.15. The van der Waals surface area contributed by atoms with E-state index in [9.17, 15) is 9.18 Å². The number of hydrogen-bond acceptors (Lipinski definition) is 8. The van der Waals surface area contributed by atoms with Gasteiger partial charge in [-0.2, -0.15) is 5.10 Å². The van der Waals surface area contributed by atoms with Gasteiger partial charge in [-0.3, -0.25) is 9.78 Å². The van der Waals surface area contributed by atoms with Gasteiger partial charge in [0.25, 0.3) is 5.91 Å². The van der Waals surface area contributed by atoms with Crippen molar-refractivity contribution in [3.63, 3.8) is 0 Å². The first-order chi connectivity index (χ1) is 19.0. The van der Waals surface area contributed by atoms with E-state index in [-0.39, 0.29) is 23.1 Å². The molecule has 3 heterocycles. The molecule has 0 spiro atoms. The zero-order chi connectivity index (χ0) is 27.4. The van der Waals surface area contributed by atoms with E-state index in [2.05, 4.69) is 20.4 Å². The zero-order valence-corrected chi connectivity index (χ0v) is 21.3. The number of amides is 1. The van der Waals surface area contributed by atoms with Crippen molar-refractivity contribution in [2.75, 3.05) is 26.1 Å². The SMILES string of the molecule is CCOc1cn(-c2ccc(F)cc2)nc1C(=O)Nc1ccc(Oc2ccnc3cc(OC)c(OC)cc23)cn1. The molecule has 0 unspecified atom stereocenters. The lowest BCUT2D eigenvalue weighted by molar-refractivity contribution is 0.101. The third-order valence-corrected chi connectivity index (χ3v) is 5.70. The van der Waals surface area contributed by atoms with Gasteiger partial charge in [-0.1, -0.05) is 0 Å². The highest BCUT2D eigenvalue weighted by Gasteiger charge is 2.20. The van der Waals surface area contributed by atoms with Gasteiger partial charge in [0.2, 0.25) is 0 Å². The Hall–Kier alpha value is -5.19. The van der Waals surface area contributed by atoms with Crippen molar-refractivity contribution in [1.82, 2.24) is 19.7 Å². The van der Waals surface area contributed by atoms with Gasteiger partial charge in [0.05, 0.1) is 44.4 Å². The summed E-state index contributed by atoms with van der Waals surface area (Å²) in [6.45, 7) is 2.14. The summed E-state index contributed by atoms with van der Waals surface area (Å²) in [6.07, 6.45) is 4.69. The summed E-state index contributed by atoms with van der Waals surface area (Å²) < 4.78 is 37.2. The van der Waals surface area contributed by atoms with Gasteiger partial charge in [0, 0.05) is 17.6 Å². The Morgan fingerprint density at radius 2 is 1.72 bits per heavy atom. The Balaban J connectivity index is 1.34. The van der Waals surface area contributed by atoms with E-state index in [4.69, 9.17) is 18.9 Å². The third-order valence-electron chi connectivity index (χ3n) is 5.70. The summed E-state index contributed by atoms with van der Waals surface area (Å²) in [7, 11) is 3.12. The van der Waals surface area contributed by atoms with Gasteiger partial charge in [-0.15, -0.1) is 0 Å². The van der Waals surface area contributed by atoms with Crippen molar-refractivity contribution < 1.29 is 28.1 Å². The van der Waals surface area contributed by atoms with Crippen molar-refractivity contribution in [2.45, 2.75) is 6.92 Å². The maximum Gasteiger partial charge on any atom is 0.281 e. The van der Waals surface area contributed by atoms with Crippen LogP contribution in [-0.2, 0) is 0 Å². The van der Waals surface area contributed by atoms with E-state index < -0.39 is 5.91 Å². The minimum Gasteiger partial charge on any atom is -0.493 e. The number of pyridine rings is 2. The first-order valence-electron chi connectivity index (χ1n) is 11.9. The van der Waals surface area contributed by atoms with Crippen molar-refractivity contribution >= 4 is 22.6 Å². The number of methoxy groups -OCH3 is 2. The van der Waals surface area contributed by atoms with Crippen LogP contribution < -0.4 is 24.3 Å². The van der Waals surface area contributed by atoms with Gasteiger partial charge in [-0.25, -0.2) is 14.1 Å². The maximum atomic E-state index is 13.3. The number of fused-ring (bicyclic) bond motifs is 1. The van der Waals surface area contributed by atoms with Crippen molar-refractivity contribution in [3.05, 3.63) is 84.7 Å². The van der Waals surface area contributed by atoms with Crippen LogP contribution in [0.4, 0.5) is 10.2 Å². The normalized spacial score (nSPS) is 10.8. The summed E-state index contributed by atoms with van der Waals surface area (Å²) in [5.74, 6) is 1.80. The number of aromatic nitrogens is 4. The monoisotopic (exact) mass is 529 g/mol. The fourth-order valence-corrected chi connectivity index (χ4v) is 3.86. The molecule has 0 bridgehead atoms. The minimum atomic E-state index is -0.512. The number of carbonyl (C=O) groups is 1. The largest absolute Gasteiger partial charge is 0.493 e. The second-order valence-corrected chi connectivity index (χ2v) is 8.16. The molecule has 3 aromatic heterocycles. The summed E-state index contributed by atoms with van der Waals surface area (Å²) in [5, 5.41) is 7.78. The molecule has 0 radical (unpaired) electrons. The Bertz CT molecular complexity index is 1620. The quantitative estimate of drug-likeness (QED) is 0.270. The van der Waals surface area contributed by atoms with Gasteiger partial charge in [0.15, 0.2) is 22.9 Å². The lowest BCUT2D eigenvalue weighted by Gasteiger charge is -2.12. The second kappa shape index (κ2) is 11.1. The maximum absolute atomic E-state index is 13.3. The molecule has 0 saturated heterocycles. The molecule has 5 aromatic rings. The highest BCUT2D eigenvalue weighted by molar-refractivity contribution is 6.04. The van der Waals surface area contributed by atoms with E-state index >= 15 is 0 Å². The van der Waals surface area contributed by atoms with Crippen LogP contribution in [0.3, 0.4) is 0 Å². The van der Waals surface area contributed by atoms with Crippen LogP contribution in [0.15, 0.2) is 73.2 Å². The minimum absolute atomic E-state index is 0.0657. The summed E-state index contributed by atoms with van der Waals surface area (Å²) in [4.78, 5) is 21.7. The molecule has 0 aliphatic rings. The fraction of sp³-hybridized carbons (Fsp3) is 0.143. The molecule has 0 fully saturated rings. The molecule has 1 amide bonds. The van der Waals surface area contributed by atoms with Crippen molar-refractivity contribution in [1.29, 1.82) is 0 Å². The average molecular weight is 530 g/mol. The second-order valence-electron chi connectivity index (χ2n) is 8.16. The highest BCUT2D eigenvalue weighted by Crippen LogP contribution is 2.36. The number of nitrogens with one attached hydrogen (secondary N) is 1. The smallest absolute Gasteiger partial charge is 0.281 e. The molecule has 5 rings (SSSR count). The van der Waals surface area contributed by atoms with E-state index in [1.54, 1.807) is 76.0 Å². The predicted octanol–water partition coefficient (Wildman–Crippen LogP) is 5.42. The van der Waals surface area contributed by atoms with E-state index in [1.165, 1.54) is 23.0 Å². The fourth-order valence-electron chi connectivity index (χ4n) is 3.86. The molecule has 11 heteroatoms. The summed E-state index contributed by atoms with van der Waals surface area (Å²) in [5.41, 5.74) is 1.32. The van der Waals surface area contributed by atoms with Gasteiger partial charge in [0.1, 0.15) is 23.1 Å². The Kier molecular flexibility index (Phi) is 7.21. The molecular weight excluding hydrogens is 505 g/mol. The van der Waals surface area contributed by atoms with Gasteiger partial charge < -0.3 is 24.3 Å². The number of halogens is 1. The zero-order valence-electron chi connectivity index (χ0n) is 21.3. The van der Waals surface area contributed by atoms with E-state index in [1.807, 2.05) is 0 Å². The summed E-state index contributed by atoms with van der Waals surface area (Å²) in [6, 6.07) is 14.3. The van der Waals surface area contributed by atoms with Crippen molar-refractivity contribution in [3.8, 4) is 34.4 Å². The van der Waals surface area contributed by atoms with E-state index in [0.717, 1.165) is 5.39 Å². The first-order valence-corrected chi connectivity index (χ1v) is 11.9. The average Bonchev–Trinajstić information content (AvgIpc) is 3.38. The standard InChI is InChI=1S/C28H24FN5O5/c1-4-38-25-16-34(18-7-5-17(29)6-8-18)33-27(25)28(35)32-26-10-9-19(15-31-26)39-22-11-12-30-21-14-24(37-3)23(36-2)13-20(21)22/h5-16H,4H2,1-3H3,(H,31,32,35). The number of hydrogen-bond donors (Lipinski definition) is 1. The number of nitrogens with zero attached hydrogens (tertiary/aromatic N) is 4. The molecule has 2 aromatic carbocycles. The molecule has 198 valence electrons. The topological polar surface area (TPSA) is 110 Å². The van der Waals surface area contributed by atoms with Crippen LogP contribution in [0.2, 0.25) is 0 Å². The number of carbonyl (C=O) groups excluding carboxylic acids is 1. The van der Waals surface area contributed by atoms with Crippen LogP contribution in [0, 0.1) is 5.82 Å². The molecule has 0 aliphatic heterocycles. The predicted molar refractivity (Wildman–Crippen MR) is 142 cm³/mol. The number of benzene rings is 2. The van der Waals surface area contributed by atoms with E-state index in [0.29, 0.717) is 40.8 Å². The molecular formula is C28H24FN5O5. The molecule has 39 heavy (non-hydrogen) atoms. The van der Waals surface area contributed by atoms with Crippen LogP contribution >= 0.6 is 0 Å². The van der Waals surface area contributed by atoms with Gasteiger partial charge in [-0.05, 0) is 55.5 Å². The Labute approximate surface area is 222 Å². The van der Waals surface area contributed by atoms with Crippen LogP contribution in [0.25, 0.3) is 16.6 Å². The molecule has 10 nitrogen and oxygen atoms in total. The number of anilines is 1. The number of ether oxygens (including phenoxy) is 4. The van der Waals surface area contributed by atoms with Crippen molar-refractivity contribution in [2.24, 2.45) is 0 Å². The third kappa shape index (κ3) is 5.42. The molecule has 0 aliphatic carbocycles. The Morgan fingerprint density at radius 3 is 2.41 bits per heavy atom. The van der Waals surface area contributed by atoms with Crippen LogP contribution in [0.1, 0.15) is 17.4 Å². The van der Waals surface area contributed by atoms with Crippen LogP contribution in [-0.4, -0.2) is 46.5 Å². The lowest BCUT2D eigenvalue weighted by atomic mass is 10.2. The Morgan fingerprint density at radius 1 is 0.949 bits per heavy atom. The summed E-state index contributed by atoms with van der Waals surface area (Å²) >= 11 is 0. The first kappa shape index (κ1) is 25.5.